The summed E-state index contributed by atoms with van der Waals surface area (Å²) in [5.74, 6) is 0.447. The number of Topliss-reactive ketones (excluding diaryl/α,β-unsaturated/α-hetero) is 1. The van der Waals surface area contributed by atoms with Crippen molar-refractivity contribution < 1.29 is 23.8 Å². The average Bonchev–Trinajstić information content (AvgIpc) is 3.18. The second-order valence-electron chi connectivity index (χ2n) is 7.89. The van der Waals surface area contributed by atoms with E-state index in [0.717, 1.165) is 11.1 Å². The minimum absolute atomic E-state index is 0.00643. The van der Waals surface area contributed by atoms with Crippen LogP contribution in [-0.2, 0) is 13.5 Å². The van der Waals surface area contributed by atoms with Crippen molar-refractivity contribution in [3.05, 3.63) is 83.3 Å². The van der Waals surface area contributed by atoms with Gasteiger partial charge in [0.1, 0.15) is 29.1 Å². The number of anilines is 1. The van der Waals surface area contributed by atoms with E-state index in [1.54, 1.807) is 56.3 Å². The number of nitrogens with one attached hydrogen (secondary N) is 1. The van der Waals surface area contributed by atoms with E-state index in [1.165, 1.54) is 12.1 Å². The number of carbonyl (C=O) groups is 1. The van der Waals surface area contributed by atoms with E-state index in [1.807, 2.05) is 18.2 Å². The molecule has 8 heteroatoms. The van der Waals surface area contributed by atoms with Gasteiger partial charge in [-0.2, -0.15) is 5.10 Å². The van der Waals surface area contributed by atoms with Crippen LogP contribution in [0.25, 0.3) is 10.9 Å². The van der Waals surface area contributed by atoms with Gasteiger partial charge >= 0.3 is 0 Å². The lowest BCUT2D eigenvalue weighted by Gasteiger charge is -2.20. The minimum atomic E-state index is -0.850. The van der Waals surface area contributed by atoms with Gasteiger partial charge in [0, 0.05) is 42.9 Å². The lowest BCUT2D eigenvalue weighted by Crippen LogP contribution is -2.22. The van der Waals surface area contributed by atoms with E-state index in [0.29, 0.717) is 34.6 Å². The summed E-state index contributed by atoms with van der Waals surface area (Å²) in [5.41, 5.74) is 3.17. The molecule has 3 aromatic carbocycles. The summed E-state index contributed by atoms with van der Waals surface area (Å²) < 4.78 is 26.0. The zero-order chi connectivity index (χ0) is 24.2. The van der Waals surface area contributed by atoms with E-state index in [9.17, 15) is 14.3 Å². The number of carbonyl (C=O) groups excluding carboxylic acids is 1. The first-order chi connectivity index (χ1) is 16.4. The van der Waals surface area contributed by atoms with E-state index in [-0.39, 0.29) is 18.1 Å². The molecule has 0 aliphatic rings. The van der Waals surface area contributed by atoms with Gasteiger partial charge in [-0.25, -0.2) is 4.39 Å². The number of aryl methyl sites for hydroxylation is 1. The number of nitrogens with zero attached hydrogens (tertiary/aromatic N) is 2. The van der Waals surface area contributed by atoms with Crippen LogP contribution < -0.4 is 14.8 Å². The van der Waals surface area contributed by atoms with Gasteiger partial charge in [-0.15, -0.1) is 0 Å². The fraction of sp³-hybridized carbons (Fsp3) is 0.231. The molecule has 0 amide bonds. The van der Waals surface area contributed by atoms with Crippen molar-refractivity contribution in [2.24, 2.45) is 7.05 Å². The van der Waals surface area contributed by atoms with Gasteiger partial charge in [-0.05, 0) is 41.8 Å². The number of aromatic nitrogens is 2. The van der Waals surface area contributed by atoms with Crippen LogP contribution in [0.1, 0.15) is 27.7 Å². The molecule has 0 radical (unpaired) electrons. The highest BCUT2D eigenvalue weighted by Gasteiger charge is 2.27. The molecule has 7 nitrogen and oxygen atoms in total. The molecule has 1 unspecified atom stereocenters. The Kier molecular flexibility index (Phi) is 6.79. The molecule has 1 heterocycles. The van der Waals surface area contributed by atoms with Gasteiger partial charge in [-0.3, -0.25) is 9.48 Å². The second-order valence-corrected chi connectivity index (χ2v) is 7.89. The predicted molar refractivity (Wildman–Crippen MR) is 128 cm³/mol. The number of methoxy groups -OCH3 is 2. The van der Waals surface area contributed by atoms with Gasteiger partial charge < -0.3 is 19.9 Å². The van der Waals surface area contributed by atoms with Crippen LogP contribution in [0.3, 0.4) is 0 Å². The largest absolute Gasteiger partial charge is 0.497 e. The first-order valence-corrected chi connectivity index (χ1v) is 10.8. The van der Waals surface area contributed by atoms with Crippen LogP contribution in [0, 0.1) is 5.82 Å². The number of hydrogen-bond acceptors (Lipinski definition) is 6. The molecule has 1 atom stereocenters. The monoisotopic (exact) mass is 463 g/mol. The summed E-state index contributed by atoms with van der Waals surface area (Å²) in [4.78, 5) is 13.9. The van der Waals surface area contributed by atoms with E-state index < -0.39 is 11.9 Å². The SMILES string of the molecule is COc1cc(NC(C(=O)c2nn(C)c3ccc(CCO)cc23)c2ccc(F)cc2)cc(OC)c1. The lowest BCUT2D eigenvalue weighted by molar-refractivity contribution is 0.0965. The molecule has 0 bridgehead atoms. The highest BCUT2D eigenvalue weighted by molar-refractivity contribution is 6.10. The molecule has 0 aliphatic carbocycles. The quantitative estimate of drug-likeness (QED) is 0.360. The van der Waals surface area contributed by atoms with Crippen molar-refractivity contribution in [3.8, 4) is 11.5 Å². The highest BCUT2D eigenvalue weighted by Crippen LogP contribution is 2.31. The van der Waals surface area contributed by atoms with Crippen LogP contribution >= 0.6 is 0 Å². The topological polar surface area (TPSA) is 85.6 Å². The molecule has 34 heavy (non-hydrogen) atoms. The number of rotatable bonds is 9. The molecule has 1 aromatic heterocycles. The maximum Gasteiger partial charge on any atom is 0.210 e. The lowest BCUT2D eigenvalue weighted by atomic mass is 9.97. The van der Waals surface area contributed by atoms with Crippen molar-refractivity contribution in [1.29, 1.82) is 0 Å². The van der Waals surface area contributed by atoms with Crippen molar-refractivity contribution in [2.75, 3.05) is 26.1 Å². The third kappa shape index (κ3) is 4.72. The van der Waals surface area contributed by atoms with Crippen LogP contribution in [0.2, 0.25) is 0 Å². The number of ketones is 1. The Labute approximate surface area is 196 Å². The molecule has 0 aliphatic heterocycles. The summed E-state index contributed by atoms with van der Waals surface area (Å²) in [7, 11) is 4.87. The Morgan fingerprint density at radius 3 is 2.35 bits per heavy atom. The Bertz CT molecular complexity index is 1300. The molecular weight excluding hydrogens is 437 g/mol. The van der Waals surface area contributed by atoms with E-state index >= 15 is 0 Å². The number of aliphatic hydroxyl groups excluding tert-OH is 1. The smallest absolute Gasteiger partial charge is 0.210 e. The molecule has 176 valence electrons. The third-order valence-corrected chi connectivity index (χ3v) is 5.68. The summed E-state index contributed by atoms with van der Waals surface area (Å²) >= 11 is 0. The molecule has 0 saturated heterocycles. The van der Waals surface area contributed by atoms with E-state index in [2.05, 4.69) is 10.4 Å². The highest BCUT2D eigenvalue weighted by atomic mass is 19.1. The minimum Gasteiger partial charge on any atom is -0.497 e. The fourth-order valence-electron chi connectivity index (χ4n) is 3.93. The number of aliphatic hydroxyl groups is 1. The predicted octanol–water partition coefficient (Wildman–Crippen LogP) is 4.30. The summed E-state index contributed by atoms with van der Waals surface area (Å²) in [6, 6.07) is 15.8. The number of benzene rings is 3. The van der Waals surface area contributed by atoms with Gasteiger partial charge in [0.25, 0.3) is 0 Å². The first-order valence-electron chi connectivity index (χ1n) is 10.8. The summed E-state index contributed by atoms with van der Waals surface area (Å²) in [6.07, 6.45) is 0.474. The first kappa shape index (κ1) is 23.3. The van der Waals surface area contributed by atoms with Crippen molar-refractivity contribution in [3.63, 3.8) is 0 Å². The number of fused-ring (bicyclic) bond motifs is 1. The molecule has 0 fully saturated rings. The standard InChI is InChI=1S/C26H26FN3O4/c1-30-23-9-4-16(10-11-31)12-22(23)25(29-30)26(32)24(17-5-7-18(27)8-6-17)28-19-13-20(33-2)15-21(14-19)34-3/h4-9,12-15,24,28,31H,10-11H2,1-3H3. The fourth-order valence-corrected chi connectivity index (χ4v) is 3.93. The van der Waals surface area contributed by atoms with Crippen molar-refractivity contribution >= 4 is 22.4 Å². The van der Waals surface area contributed by atoms with Gasteiger partial charge in [0.2, 0.25) is 5.78 Å². The Hall–Kier alpha value is -3.91. The van der Waals surface area contributed by atoms with Crippen LogP contribution in [0.5, 0.6) is 11.5 Å². The van der Waals surface area contributed by atoms with Crippen molar-refractivity contribution in [2.45, 2.75) is 12.5 Å². The average molecular weight is 464 g/mol. The molecule has 0 saturated carbocycles. The maximum atomic E-state index is 13.9. The van der Waals surface area contributed by atoms with Crippen LogP contribution in [-0.4, -0.2) is 41.5 Å². The van der Waals surface area contributed by atoms with Gasteiger partial charge in [-0.1, -0.05) is 18.2 Å². The van der Waals surface area contributed by atoms with Crippen molar-refractivity contribution in [1.82, 2.24) is 9.78 Å². The molecule has 0 spiro atoms. The molecule has 4 aromatic rings. The van der Waals surface area contributed by atoms with Gasteiger partial charge in [0.05, 0.1) is 19.7 Å². The zero-order valence-corrected chi connectivity index (χ0v) is 19.2. The van der Waals surface area contributed by atoms with Crippen LogP contribution in [0.4, 0.5) is 10.1 Å². The summed E-state index contributed by atoms with van der Waals surface area (Å²) in [5, 5.41) is 17.8. The number of hydrogen-bond donors (Lipinski definition) is 2. The van der Waals surface area contributed by atoms with Gasteiger partial charge in [0.15, 0.2) is 0 Å². The second kappa shape index (κ2) is 9.93. The number of ether oxygens (including phenoxy) is 2. The molecule has 2 N–H and O–H groups in total. The molecular formula is C26H26FN3O4. The Morgan fingerprint density at radius 1 is 1.06 bits per heavy atom. The Balaban J connectivity index is 1.80. The van der Waals surface area contributed by atoms with Crippen LogP contribution in [0.15, 0.2) is 60.7 Å². The maximum absolute atomic E-state index is 13.9. The Morgan fingerprint density at radius 2 is 1.74 bits per heavy atom. The zero-order valence-electron chi connectivity index (χ0n) is 19.2. The number of halogens is 1. The third-order valence-electron chi connectivity index (χ3n) is 5.68. The summed E-state index contributed by atoms with van der Waals surface area (Å²) in [6.45, 7) is 0.00643. The normalized spacial score (nSPS) is 11.9. The molecule has 4 rings (SSSR count). The van der Waals surface area contributed by atoms with E-state index in [4.69, 9.17) is 9.47 Å².